The average Bonchev–Trinajstić information content (AvgIpc) is 2.73. The van der Waals surface area contributed by atoms with Gasteiger partial charge >= 0.3 is 0 Å². The largest absolute Gasteiger partial charge is 0.360 e. The second-order valence-electron chi connectivity index (χ2n) is 8.08. The number of aryl methyl sites for hydroxylation is 1. The molecule has 7 heteroatoms. The second kappa shape index (κ2) is 9.62. The molecule has 1 heterocycles. The zero-order valence-corrected chi connectivity index (χ0v) is 18.8. The van der Waals surface area contributed by atoms with Gasteiger partial charge in [-0.3, -0.25) is 4.79 Å². The quantitative estimate of drug-likeness (QED) is 0.679. The van der Waals surface area contributed by atoms with Crippen LogP contribution in [0.4, 0.5) is 5.69 Å². The summed E-state index contributed by atoms with van der Waals surface area (Å²) in [6, 6.07) is 17.6. The average molecular weight is 430 g/mol. The highest BCUT2D eigenvalue weighted by Crippen LogP contribution is 2.19. The number of hydrogen-bond acceptors (Lipinski definition) is 4. The van der Waals surface area contributed by atoms with Gasteiger partial charge in [0, 0.05) is 37.9 Å². The van der Waals surface area contributed by atoms with E-state index < -0.39 is 10.0 Å². The summed E-state index contributed by atoms with van der Waals surface area (Å²) >= 11 is 0. The van der Waals surface area contributed by atoms with Crippen LogP contribution in [0.3, 0.4) is 0 Å². The maximum Gasteiger partial charge on any atom is 0.242 e. The van der Waals surface area contributed by atoms with Crippen molar-refractivity contribution in [2.45, 2.75) is 32.6 Å². The van der Waals surface area contributed by atoms with E-state index in [0.29, 0.717) is 26.2 Å². The van der Waals surface area contributed by atoms with Gasteiger partial charge in [0.15, 0.2) is 0 Å². The Morgan fingerprint density at radius 2 is 1.57 bits per heavy atom. The molecule has 162 valence electrons. The normalized spacial score (nSPS) is 15.4. The Labute approximate surface area is 180 Å². The molecule has 0 spiro atoms. The predicted octanol–water partition coefficient (Wildman–Crippen LogP) is 2.88. The van der Waals surface area contributed by atoms with Crippen LogP contribution < -0.4 is 4.90 Å². The molecule has 0 atom stereocenters. The first kappa shape index (κ1) is 22.3. The minimum Gasteiger partial charge on any atom is -0.360 e. The van der Waals surface area contributed by atoms with Crippen LogP contribution in [0.2, 0.25) is 0 Å². The van der Waals surface area contributed by atoms with Gasteiger partial charge in [0.1, 0.15) is 0 Å². The molecule has 2 aromatic carbocycles. The van der Waals surface area contributed by atoms with Gasteiger partial charge in [-0.25, -0.2) is 8.42 Å². The van der Waals surface area contributed by atoms with Crippen LogP contribution in [-0.2, 0) is 20.6 Å². The van der Waals surface area contributed by atoms with Crippen LogP contribution in [0.15, 0.2) is 54.6 Å². The zero-order valence-electron chi connectivity index (χ0n) is 18.0. The van der Waals surface area contributed by atoms with Crippen molar-refractivity contribution in [3.05, 3.63) is 65.7 Å². The maximum atomic E-state index is 12.9. The fourth-order valence-electron chi connectivity index (χ4n) is 3.65. The highest BCUT2D eigenvalue weighted by Gasteiger charge is 2.29. The van der Waals surface area contributed by atoms with E-state index in [9.17, 15) is 13.2 Å². The third-order valence-electron chi connectivity index (χ3n) is 5.47. The molecule has 1 amide bonds. The molecule has 1 aliphatic heterocycles. The van der Waals surface area contributed by atoms with Crippen molar-refractivity contribution in [1.29, 1.82) is 0 Å². The monoisotopic (exact) mass is 429 g/mol. The SMILES string of the molecule is Cc1ccc(N(CC(=O)N2CCN(S(=O)(=O)Cc3ccccc3)CC2)C(C)C)cc1. The fraction of sp³-hybridized carbons (Fsp3) is 0.435. The number of piperazine rings is 1. The molecular weight excluding hydrogens is 398 g/mol. The lowest BCUT2D eigenvalue weighted by Crippen LogP contribution is -2.53. The summed E-state index contributed by atoms with van der Waals surface area (Å²) in [4.78, 5) is 16.8. The molecule has 0 N–H and O–H groups in total. The van der Waals surface area contributed by atoms with Crippen molar-refractivity contribution in [1.82, 2.24) is 9.21 Å². The zero-order chi connectivity index (χ0) is 21.7. The Bertz CT molecular complexity index is 935. The highest BCUT2D eigenvalue weighted by atomic mass is 32.2. The van der Waals surface area contributed by atoms with Crippen LogP contribution in [-0.4, -0.2) is 62.3 Å². The van der Waals surface area contributed by atoms with E-state index in [-0.39, 0.29) is 24.2 Å². The Kier molecular flexibility index (Phi) is 7.15. The van der Waals surface area contributed by atoms with E-state index in [2.05, 4.69) is 18.7 Å². The second-order valence-corrected chi connectivity index (χ2v) is 10.0. The van der Waals surface area contributed by atoms with Crippen molar-refractivity contribution in [3.63, 3.8) is 0 Å². The van der Waals surface area contributed by atoms with Crippen molar-refractivity contribution < 1.29 is 13.2 Å². The molecule has 1 aliphatic rings. The number of anilines is 1. The molecule has 0 unspecified atom stereocenters. The summed E-state index contributed by atoms with van der Waals surface area (Å²) in [5.41, 5.74) is 2.98. The number of benzene rings is 2. The molecule has 0 aliphatic carbocycles. The summed E-state index contributed by atoms with van der Waals surface area (Å²) in [6.07, 6.45) is 0. The van der Waals surface area contributed by atoms with E-state index in [1.165, 1.54) is 9.87 Å². The smallest absolute Gasteiger partial charge is 0.242 e. The minimum atomic E-state index is -3.38. The van der Waals surface area contributed by atoms with Crippen molar-refractivity contribution >= 4 is 21.6 Å². The first-order valence-corrected chi connectivity index (χ1v) is 12.0. The molecule has 3 rings (SSSR count). The third-order valence-corrected chi connectivity index (χ3v) is 7.32. The number of amides is 1. The van der Waals surface area contributed by atoms with E-state index >= 15 is 0 Å². The van der Waals surface area contributed by atoms with Crippen LogP contribution in [0.1, 0.15) is 25.0 Å². The van der Waals surface area contributed by atoms with Crippen LogP contribution in [0.5, 0.6) is 0 Å². The number of carbonyl (C=O) groups is 1. The lowest BCUT2D eigenvalue weighted by molar-refractivity contribution is -0.130. The number of rotatable bonds is 7. The first-order chi connectivity index (χ1) is 14.3. The molecular formula is C23H31N3O3S. The van der Waals surface area contributed by atoms with Gasteiger partial charge in [-0.15, -0.1) is 0 Å². The molecule has 0 bridgehead atoms. The minimum absolute atomic E-state index is 0.00363. The molecule has 1 saturated heterocycles. The molecule has 30 heavy (non-hydrogen) atoms. The molecule has 0 aromatic heterocycles. The Morgan fingerprint density at radius 3 is 2.13 bits per heavy atom. The Balaban J connectivity index is 1.58. The van der Waals surface area contributed by atoms with Crippen LogP contribution >= 0.6 is 0 Å². The van der Waals surface area contributed by atoms with Gasteiger partial charge in [-0.2, -0.15) is 4.31 Å². The maximum absolute atomic E-state index is 12.9. The van der Waals surface area contributed by atoms with Gasteiger partial charge in [0.05, 0.1) is 12.3 Å². The lowest BCUT2D eigenvalue weighted by atomic mass is 10.2. The Morgan fingerprint density at radius 1 is 0.967 bits per heavy atom. The molecule has 6 nitrogen and oxygen atoms in total. The first-order valence-electron chi connectivity index (χ1n) is 10.4. The standard InChI is InChI=1S/C23H31N3O3S/c1-19(2)26(22-11-9-20(3)10-12-22)17-23(27)24-13-15-25(16-14-24)30(28,29)18-21-7-5-4-6-8-21/h4-12,19H,13-18H2,1-3H3. The fourth-order valence-corrected chi connectivity index (χ4v) is 5.16. The van der Waals surface area contributed by atoms with Gasteiger partial charge in [-0.1, -0.05) is 48.0 Å². The molecule has 2 aromatic rings. The summed E-state index contributed by atoms with van der Waals surface area (Å²) in [5, 5.41) is 0. The van der Waals surface area contributed by atoms with E-state index in [1.54, 1.807) is 4.90 Å². The van der Waals surface area contributed by atoms with Gasteiger partial charge in [0.2, 0.25) is 15.9 Å². The molecule has 0 saturated carbocycles. The van der Waals surface area contributed by atoms with Gasteiger partial charge in [-0.05, 0) is 38.5 Å². The summed E-state index contributed by atoms with van der Waals surface area (Å²) in [5.74, 6) is 0.0282. The van der Waals surface area contributed by atoms with Crippen molar-refractivity contribution in [2.24, 2.45) is 0 Å². The van der Waals surface area contributed by atoms with Gasteiger partial charge < -0.3 is 9.80 Å². The van der Waals surface area contributed by atoms with E-state index in [0.717, 1.165) is 11.3 Å². The predicted molar refractivity (Wildman–Crippen MR) is 121 cm³/mol. The lowest BCUT2D eigenvalue weighted by Gasteiger charge is -2.36. The molecule has 0 radical (unpaired) electrons. The van der Waals surface area contributed by atoms with E-state index in [1.807, 2.05) is 61.5 Å². The number of carbonyl (C=O) groups excluding carboxylic acids is 1. The number of hydrogen-bond donors (Lipinski definition) is 0. The summed E-state index contributed by atoms with van der Waals surface area (Å²) < 4.78 is 27.0. The van der Waals surface area contributed by atoms with E-state index in [4.69, 9.17) is 0 Å². The van der Waals surface area contributed by atoms with Crippen LogP contribution in [0, 0.1) is 6.92 Å². The number of sulfonamides is 1. The van der Waals surface area contributed by atoms with Crippen LogP contribution in [0.25, 0.3) is 0 Å². The summed E-state index contributed by atoms with van der Waals surface area (Å²) in [6.45, 7) is 8.00. The van der Waals surface area contributed by atoms with Crippen molar-refractivity contribution in [3.8, 4) is 0 Å². The van der Waals surface area contributed by atoms with Gasteiger partial charge in [0.25, 0.3) is 0 Å². The highest BCUT2D eigenvalue weighted by molar-refractivity contribution is 7.88. The summed E-state index contributed by atoms with van der Waals surface area (Å²) in [7, 11) is -3.38. The Hall–Kier alpha value is -2.38. The topological polar surface area (TPSA) is 60.9 Å². The number of nitrogens with zero attached hydrogens (tertiary/aromatic N) is 3. The third kappa shape index (κ3) is 5.61. The molecule has 1 fully saturated rings. The van der Waals surface area contributed by atoms with Crippen molar-refractivity contribution in [2.75, 3.05) is 37.6 Å².